The lowest BCUT2D eigenvalue weighted by Crippen LogP contribution is -2.16. The molecule has 4 rings (SSSR count). The van der Waals surface area contributed by atoms with Crippen LogP contribution in [0, 0.1) is 11.3 Å². The molecule has 134 valence electrons. The molecule has 0 aliphatic rings. The van der Waals surface area contributed by atoms with Crippen molar-refractivity contribution in [1.29, 1.82) is 5.26 Å². The molecule has 0 spiro atoms. The second-order valence-corrected chi connectivity index (χ2v) is 6.52. The maximum atomic E-state index is 10.3. The van der Waals surface area contributed by atoms with Crippen LogP contribution in [0.1, 0.15) is 16.9 Å². The first kappa shape index (κ1) is 16.9. The number of H-pyrrole nitrogens is 1. The highest BCUT2D eigenvalue weighted by atomic mass is 16.3. The van der Waals surface area contributed by atoms with E-state index in [2.05, 4.69) is 20.9 Å². The number of aromatic hydroxyl groups is 1. The van der Waals surface area contributed by atoms with Gasteiger partial charge in [-0.3, -0.25) is 9.88 Å². The summed E-state index contributed by atoms with van der Waals surface area (Å²) in [5, 5.41) is 20.2. The first-order chi connectivity index (χ1) is 13.1. The Labute approximate surface area is 156 Å². The van der Waals surface area contributed by atoms with Gasteiger partial charge in [0.2, 0.25) is 0 Å². The Balaban J connectivity index is 1.58. The van der Waals surface area contributed by atoms with Crippen molar-refractivity contribution in [2.75, 3.05) is 7.05 Å². The molecule has 3 aromatic heterocycles. The molecule has 4 aromatic rings. The predicted octanol–water partition coefficient (Wildman–Crippen LogP) is 4.03. The molecule has 0 amide bonds. The summed E-state index contributed by atoms with van der Waals surface area (Å²) in [6.45, 7) is 1.45. The van der Waals surface area contributed by atoms with Gasteiger partial charge in [0.25, 0.3) is 0 Å². The molecule has 0 aliphatic heterocycles. The summed E-state index contributed by atoms with van der Waals surface area (Å²) in [5.74, 6) is 0.967. The van der Waals surface area contributed by atoms with Gasteiger partial charge in [-0.15, -0.1) is 0 Å². The van der Waals surface area contributed by atoms with E-state index in [0.29, 0.717) is 16.8 Å². The summed E-state index contributed by atoms with van der Waals surface area (Å²) in [5.41, 5.74) is 3.64. The van der Waals surface area contributed by atoms with E-state index >= 15 is 0 Å². The Hall–Kier alpha value is -3.56. The quantitative estimate of drug-likeness (QED) is 0.562. The molecule has 0 saturated heterocycles. The largest absolute Gasteiger partial charge is 0.494 e. The van der Waals surface area contributed by atoms with E-state index in [9.17, 15) is 5.11 Å². The number of pyridine rings is 1. The first-order valence-electron chi connectivity index (χ1n) is 8.55. The molecule has 0 aliphatic carbocycles. The highest BCUT2D eigenvalue weighted by molar-refractivity contribution is 5.98. The zero-order chi connectivity index (χ0) is 18.8. The second-order valence-electron chi connectivity index (χ2n) is 6.52. The van der Waals surface area contributed by atoms with Crippen molar-refractivity contribution in [2.24, 2.45) is 0 Å². The topological polar surface area (TPSA) is 89.1 Å². The van der Waals surface area contributed by atoms with E-state index in [1.54, 1.807) is 30.7 Å². The fraction of sp³-hybridized carbons (Fsp3) is 0.143. The fourth-order valence-electron chi connectivity index (χ4n) is 3.21. The molecule has 0 unspecified atom stereocenters. The monoisotopic (exact) mass is 358 g/mol. The summed E-state index contributed by atoms with van der Waals surface area (Å²) in [6, 6.07) is 15.1. The minimum Gasteiger partial charge on any atom is -0.494 e. The summed E-state index contributed by atoms with van der Waals surface area (Å²) < 4.78 is 5.37. The van der Waals surface area contributed by atoms with Crippen LogP contribution in [0.5, 0.6) is 5.88 Å². The van der Waals surface area contributed by atoms with Crippen molar-refractivity contribution in [2.45, 2.75) is 13.1 Å². The van der Waals surface area contributed by atoms with E-state index in [1.165, 1.54) is 0 Å². The van der Waals surface area contributed by atoms with Crippen molar-refractivity contribution in [3.05, 3.63) is 71.8 Å². The summed E-state index contributed by atoms with van der Waals surface area (Å²) in [4.78, 5) is 9.60. The van der Waals surface area contributed by atoms with Gasteiger partial charge in [0.15, 0.2) is 5.88 Å². The molecule has 6 nitrogen and oxygen atoms in total. The smallest absolute Gasteiger partial charge is 0.199 e. The number of nitrogens with zero attached hydrogens (tertiary/aromatic N) is 3. The van der Waals surface area contributed by atoms with E-state index in [0.717, 1.165) is 35.3 Å². The molecule has 0 saturated carbocycles. The molecule has 0 bridgehead atoms. The van der Waals surface area contributed by atoms with Gasteiger partial charge in [0.1, 0.15) is 5.76 Å². The molecule has 2 N–H and O–H groups in total. The third-order valence-electron chi connectivity index (χ3n) is 4.45. The number of furan rings is 1. The van der Waals surface area contributed by atoms with Gasteiger partial charge in [-0.2, -0.15) is 5.26 Å². The average molecular weight is 358 g/mol. The van der Waals surface area contributed by atoms with Crippen LogP contribution in [0.25, 0.3) is 22.2 Å². The normalized spacial score (nSPS) is 11.1. The zero-order valence-electron chi connectivity index (χ0n) is 14.8. The highest BCUT2D eigenvalue weighted by Crippen LogP contribution is 2.36. The molecular formula is C21H18N4O2. The van der Waals surface area contributed by atoms with Crippen LogP contribution >= 0.6 is 0 Å². The van der Waals surface area contributed by atoms with Crippen molar-refractivity contribution in [3.8, 4) is 23.2 Å². The number of aromatic amines is 1. The van der Waals surface area contributed by atoms with Gasteiger partial charge in [-0.05, 0) is 49.0 Å². The first-order valence-corrected chi connectivity index (χ1v) is 8.55. The van der Waals surface area contributed by atoms with Gasteiger partial charge in [0.05, 0.1) is 35.7 Å². The van der Waals surface area contributed by atoms with Crippen LogP contribution < -0.4 is 0 Å². The minimum atomic E-state index is 0.0512. The van der Waals surface area contributed by atoms with Gasteiger partial charge in [-0.1, -0.05) is 6.07 Å². The van der Waals surface area contributed by atoms with Crippen LogP contribution in [0.3, 0.4) is 0 Å². The van der Waals surface area contributed by atoms with Crippen LogP contribution in [0.4, 0.5) is 0 Å². The van der Waals surface area contributed by atoms with Gasteiger partial charge in [-0.25, -0.2) is 0 Å². The fourth-order valence-corrected chi connectivity index (χ4v) is 3.21. The molecule has 1 aromatic carbocycles. The van der Waals surface area contributed by atoms with Crippen LogP contribution in [-0.4, -0.2) is 27.0 Å². The number of hydrogen-bond donors (Lipinski definition) is 2. The number of rotatable bonds is 5. The Kier molecular flexibility index (Phi) is 4.37. The van der Waals surface area contributed by atoms with Crippen LogP contribution in [0.15, 0.2) is 59.3 Å². The molecule has 6 heteroatoms. The third kappa shape index (κ3) is 3.41. The van der Waals surface area contributed by atoms with E-state index < -0.39 is 0 Å². The molecule has 3 heterocycles. The number of nitrogens with one attached hydrogen (secondary N) is 1. The summed E-state index contributed by atoms with van der Waals surface area (Å²) in [6.07, 6.45) is 3.48. The van der Waals surface area contributed by atoms with Crippen molar-refractivity contribution < 1.29 is 9.52 Å². The van der Waals surface area contributed by atoms with Gasteiger partial charge >= 0.3 is 0 Å². The lowest BCUT2D eigenvalue weighted by atomic mass is 10.1. The summed E-state index contributed by atoms with van der Waals surface area (Å²) in [7, 11) is 2.02. The summed E-state index contributed by atoms with van der Waals surface area (Å²) >= 11 is 0. The predicted molar refractivity (Wildman–Crippen MR) is 102 cm³/mol. The van der Waals surface area contributed by atoms with E-state index in [4.69, 9.17) is 9.68 Å². The van der Waals surface area contributed by atoms with Crippen LogP contribution in [-0.2, 0) is 13.1 Å². The number of benzene rings is 1. The molecule has 27 heavy (non-hydrogen) atoms. The van der Waals surface area contributed by atoms with Crippen LogP contribution in [0.2, 0.25) is 0 Å². The van der Waals surface area contributed by atoms with E-state index in [1.807, 2.05) is 31.3 Å². The molecular weight excluding hydrogens is 340 g/mol. The number of fused-ring (bicyclic) bond motifs is 1. The van der Waals surface area contributed by atoms with Crippen molar-refractivity contribution >= 4 is 10.9 Å². The van der Waals surface area contributed by atoms with Gasteiger partial charge < -0.3 is 14.5 Å². The number of hydrogen-bond acceptors (Lipinski definition) is 5. The lowest BCUT2D eigenvalue weighted by molar-refractivity contribution is 0.287. The zero-order valence-corrected chi connectivity index (χ0v) is 14.8. The highest BCUT2D eigenvalue weighted by Gasteiger charge is 2.15. The maximum absolute atomic E-state index is 10.3. The van der Waals surface area contributed by atoms with E-state index in [-0.39, 0.29) is 5.88 Å². The Morgan fingerprint density at radius 2 is 2.11 bits per heavy atom. The third-order valence-corrected chi connectivity index (χ3v) is 4.45. The standard InChI is InChI=1S/C21H18N4O2/c1-25(13-16-3-2-8-27-16)12-15-5-7-19(23-11-15)20-17-9-14(10-22)4-6-18(17)24-21(20)26/h2-9,11,24,26H,12-13H2,1H3. The average Bonchev–Trinajstić information content (AvgIpc) is 3.28. The van der Waals surface area contributed by atoms with Crippen molar-refractivity contribution in [1.82, 2.24) is 14.9 Å². The second kappa shape index (κ2) is 6.98. The molecule has 0 atom stereocenters. The Morgan fingerprint density at radius 1 is 1.22 bits per heavy atom. The SMILES string of the molecule is CN(Cc1ccc(-c2c(O)[nH]c3ccc(C#N)cc23)nc1)Cc1ccco1. The van der Waals surface area contributed by atoms with Gasteiger partial charge in [0, 0.05) is 23.6 Å². The number of aromatic nitrogens is 2. The lowest BCUT2D eigenvalue weighted by Gasteiger charge is -2.15. The maximum Gasteiger partial charge on any atom is 0.199 e. The van der Waals surface area contributed by atoms with Crippen molar-refractivity contribution in [3.63, 3.8) is 0 Å². The number of nitriles is 1. The molecule has 0 fully saturated rings. The Morgan fingerprint density at radius 3 is 2.81 bits per heavy atom. The Bertz CT molecular complexity index is 1110. The minimum absolute atomic E-state index is 0.0512. The molecule has 0 radical (unpaired) electrons.